The number of benzene rings is 1. The Morgan fingerprint density at radius 2 is 2.19 bits per heavy atom. The van der Waals surface area contributed by atoms with Gasteiger partial charge < -0.3 is 9.88 Å². The number of aryl methyl sites for hydroxylation is 1. The second-order valence-corrected chi connectivity index (χ2v) is 5.70. The molecule has 3 rings (SSSR count). The van der Waals surface area contributed by atoms with Gasteiger partial charge >= 0.3 is 6.18 Å². The van der Waals surface area contributed by atoms with Gasteiger partial charge in [0, 0.05) is 13.1 Å². The van der Waals surface area contributed by atoms with Gasteiger partial charge in [0.2, 0.25) is 0 Å². The predicted octanol–water partition coefficient (Wildman–Crippen LogP) is 3.50. The van der Waals surface area contributed by atoms with Gasteiger partial charge in [0.15, 0.2) is 0 Å². The summed E-state index contributed by atoms with van der Waals surface area (Å²) in [6.07, 6.45) is -4.35. The second kappa shape index (κ2) is 4.88. The topological polar surface area (TPSA) is 29.9 Å². The normalized spacial score (nSPS) is 23.1. The van der Waals surface area contributed by atoms with Gasteiger partial charge in [0.1, 0.15) is 11.2 Å². The fourth-order valence-corrected chi connectivity index (χ4v) is 3.34. The first kappa shape index (κ1) is 14.7. The Kier molecular flexibility index (Phi) is 3.41. The van der Waals surface area contributed by atoms with E-state index in [-0.39, 0.29) is 18.8 Å². The Hall–Kier alpha value is -1.27. The molecule has 0 bridgehead atoms. The van der Waals surface area contributed by atoms with Crippen LogP contribution in [0.15, 0.2) is 18.2 Å². The molecule has 0 spiro atoms. The first-order valence-corrected chi connectivity index (χ1v) is 7.21. The van der Waals surface area contributed by atoms with Crippen LogP contribution in [0.5, 0.6) is 0 Å². The maximum Gasteiger partial charge on any atom is 0.402 e. The van der Waals surface area contributed by atoms with E-state index in [0.717, 1.165) is 0 Å². The molecule has 114 valence electrons. The maximum atomic E-state index is 13.7. The third-order valence-electron chi connectivity index (χ3n) is 4.16. The number of alkyl halides is 3. The average molecular weight is 318 g/mol. The summed E-state index contributed by atoms with van der Waals surface area (Å²) in [5.74, 6) is 0.0607. The van der Waals surface area contributed by atoms with Crippen molar-refractivity contribution in [1.82, 2.24) is 14.9 Å². The molecule has 2 aromatic rings. The summed E-state index contributed by atoms with van der Waals surface area (Å²) in [6.45, 7) is 2.39. The van der Waals surface area contributed by atoms with Crippen LogP contribution in [0.4, 0.5) is 13.2 Å². The number of nitrogens with zero attached hydrogens (tertiary/aromatic N) is 2. The number of nitrogens with one attached hydrogen (secondary N) is 1. The maximum absolute atomic E-state index is 13.7. The summed E-state index contributed by atoms with van der Waals surface area (Å²) in [7, 11) is 0. The zero-order valence-electron chi connectivity index (χ0n) is 11.5. The minimum absolute atomic E-state index is 0.00254. The SMILES string of the molecule is CCn1c(C2(C(F)(F)F)CCNC2)nc2cccc(Cl)c21. The van der Waals surface area contributed by atoms with Crippen molar-refractivity contribution in [3.05, 3.63) is 29.0 Å². The lowest BCUT2D eigenvalue weighted by molar-refractivity contribution is -0.187. The Bertz CT molecular complexity index is 672. The molecule has 7 heteroatoms. The zero-order valence-corrected chi connectivity index (χ0v) is 12.2. The van der Waals surface area contributed by atoms with Crippen LogP contribution in [0.25, 0.3) is 11.0 Å². The van der Waals surface area contributed by atoms with Crippen LogP contribution >= 0.6 is 11.6 Å². The minimum atomic E-state index is -4.35. The van der Waals surface area contributed by atoms with E-state index in [1.54, 1.807) is 29.7 Å². The third kappa shape index (κ3) is 2.04. The Balaban J connectivity index is 2.31. The number of para-hydroxylation sites is 1. The molecule has 0 amide bonds. The Morgan fingerprint density at radius 1 is 1.43 bits per heavy atom. The standard InChI is InChI=1S/C14H15ClF3N3/c1-2-21-11-9(15)4-3-5-10(11)20-12(21)13(14(16,17)18)6-7-19-8-13/h3-5,19H,2,6-8H2,1H3. The molecule has 1 aliphatic rings. The molecule has 0 radical (unpaired) electrons. The molecule has 1 atom stereocenters. The van der Waals surface area contributed by atoms with Crippen LogP contribution in [-0.2, 0) is 12.0 Å². The highest BCUT2D eigenvalue weighted by Gasteiger charge is 2.60. The number of imidazole rings is 1. The minimum Gasteiger partial charge on any atom is -0.326 e. The second-order valence-electron chi connectivity index (χ2n) is 5.29. The van der Waals surface area contributed by atoms with E-state index in [0.29, 0.717) is 29.1 Å². The molecule has 2 heterocycles. The van der Waals surface area contributed by atoms with Gasteiger partial charge in [-0.3, -0.25) is 0 Å². The van der Waals surface area contributed by atoms with E-state index >= 15 is 0 Å². The molecule has 1 saturated heterocycles. The lowest BCUT2D eigenvalue weighted by atomic mass is 9.85. The zero-order chi connectivity index (χ0) is 15.3. The molecule has 21 heavy (non-hydrogen) atoms. The number of hydrogen-bond acceptors (Lipinski definition) is 2. The fourth-order valence-electron chi connectivity index (χ4n) is 3.07. The summed E-state index contributed by atoms with van der Waals surface area (Å²) in [5.41, 5.74) is -0.854. The van der Waals surface area contributed by atoms with Crippen molar-refractivity contribution in [3.63, 3.8) is 0 Å². The molecule has 1 aliphatic heterocycles. The van der Waals surface area contributed by atoms with Crippen LogP contribution in [0.2, 0.25) is 5.02 Å². The molecule has 1 unspecified atom stereocenters. The lowest BCUT2D eigenvalue weighted by Crippen LogP contribution is -2.46. The van der Waals surface area contributed by atoms with Gasteiger partial charge in [-0.05, 0) is 32.0 Å². The third-order valence-corrected chi connectivity index (χ3v) is 4.46. The van der Waals surface area contributed by atoms with Crippen LogP contribution in [0, 0.1) is 0 Å². The molecule has 3 nitrogen and oxygen atoms in total. The quantitative estimate of drug-likeness (QED) is 0.918. The van der Waals surface area contributed by atoms with Crippen molar-refractivity contribution in [1.29, 1.82) is 0 Å². The number of fused-ring (bicyclic) bond motifs is 1. The van der Waals surface area contributed by atoms with Crippen LogP contribution in [0.1, 0.15) is 19.2 Å². The number of hydrogen-bond donors (Lipinski definition) is 1. The van der Waals surface area contributed by atoms with E-state index in [2.05, 4.69) is 10.3 Å². The first-order chi connectivity index (χ1) is 9.90. The van der Waals surface area contributed by atoms with Crippen molar-refractivity contribution >= 4 is 22.6 Å². The Morgan fingerprint density at radius 3 is 2.76 bits per heavy atom. The van der Waals surface area contributed by atoms with Gasteiger partial charge in [-0.25, -0.2) is 4.98 Å². The van der Waals surface area contributed by atoms with E-state index in [1.807, 2.05) is 0 Å². The summed E-state index contributed by atoms with van der Waals surface area (Å²) in [4.78, 5) is 4.28. The molecule has 1 aromatic heterocycles. The fraction of sp³-hybridized carbons (Fsp3) is 0.500. The van der Waals surface area contributed by atoms with E-state index < -0.39 is 11.6 Å². The molecular weight excluding hydrogens is 303 g/mol. The smallest absolute Gasteiger partial charge is 0.326 e. The van der Waals surface area contributed by atoms with Crippen LogP contribution in [0.3, 0.4) is 0 Å². The molecule has 1 N–H and O–H groups in total. The number of aromatic nitrogens is 2. The predicted molar refractivity (Wildman–Crippen MR) is 75.6 cm³/mol. The molecule has 1 aromatic carbocycles. The summed E-state index contributed by atoms with van der Waals surface area (Å²) in [5, 5.41) is 3.25. The Labute approximate surface area is 125 Å². The van der Waals surface area contributed by atoms with Crippen LogP contribution < -0.4 is 5.32 Å². The van der Waals surface area contributed by atoms with Gasteiger partial charge in [0.25, 0.3) is 0 Å². The highest BCUT2D eigenvalue weighted by molar-refractivity contribution is 6.35. The van der Waals surface area contributed by atoms with Crippen molar-refractivity contribution in [2.45, 2.75) is 31.5 Å². The van der Waals surface area contributed by atoms with Crippen LogP contribution in [-0.4, -0.2) is 28.8 Å². The number of halogens is 4. The molecular formula is C14H15ClF3N3. The molecule has 1 fully saturated rings. The average Bonchev–Trinajstić information content (AvgIpc) is 3.03. The van der Waals surface area contributed by atoms with Gasteiger partial charge in [-0.15, -0.1) is 0 Å². The van der Waals surface area contributed by atoms with Gasteiger partial charge in [-0.1, -0.05) is 17.7 Å². The number of rotatable bonds is 2. The summed E-state index contributed by atoms with van der Waals surface area (Å²) in [6, 6.07) is 5.08. The summed E-state index contributed by atoms with van der Waals surface area (Å²) < 4.78 is 42.8. The van der Waals surface area contributed by atoms with Gasteiger partial charge in [0.05, 0.1) is 16.1 Å². The van der Waals surface area contributed by atoms with E-state index in [9.17, 15) is 13.2 Å². The molecule has 0 saturated carbocycles. The van der Waals surface area contributed by atoms with E-state index in [1.165, 1.54) is 0 Å². The lowest BCUT2D eigenvalue weighted by Gasteiger charge is -2.30. The monoisotopic (exact) mass is 317 g/mol. The van der Waals surface area contributed by atoms with Crippen molar-refractivity contribution in [2.24, 2.45) is 0 Å². The van der Waals surface area contributed by atoms with E-state index in [4.69, 9.17) is 11.6 Å². The largest absolute Gasteiger partial charge is 0.402 e. The summed E-state index contributed by atoms with van der Waals surface area (Å²) >= 11 is 6.16. The highest BCUT2D eigenvalue weighted by atomic mass is 35.5. The highest BCUT2D eigenvalue weighted by Crippen LogP contribution is 2.46. The van der Waals surface area contributed by atoms with Crippen molar-refractivity contribution < 1.29 is 13.2 Å². The van der Waals surface area contributed by atoms with Crippen molar-refractivity contribution in [2.75, 3.05) is 13.1 Å². The molecule has 0 aliphatic carbocycles. The van der Waals surface area contributed by atoms with Crippen molar-refractivity contribution in [3.8, 4) is 0 Å². The first-order valence-electron chi connectivity index (χ1n) is 6.83. The van der Waals surface area contributed by atoms with Gasteiger partial charge in [-0.2, -0.15) is 13.2 Å².